The Morgan fingerprint density at radius 1 is 0.350 bits per heavy atom. The van der Waals surface area contributed by atoms with E-state index in [9.17, 15) is 0 Å². The molecule has 0 saturated carbocycles. The molecule has 0 aliphatic heterocycles. The highest BCUT2D eigenvalue weighted by atomic mass is 32.1. The Balaban J connectivity index is 0.000000675. The number of thiophene rings is 8. The number of nitrogens with zero attached hydrogens (tertiary/aromatic N) is 21. The van der Waals surface area contributed by atoms with E-state index in [0.29, 0.717) is 23.8 Å². The molecule has 54 heteroatoms. The predicted octanol–water partition coefficient (Wildman–Crippen LogP) is 3.46. The van der Waals surface area contributed by atoms with Crippen molar-refractivity contribution in [3.63, 3.8) is 0 Å². The minimum absolute atomic E-state index is 0.00834. The molecule has 0 fully saturated rings. The van der Waals surface area contributed by atoms with Crippen LogP contribution in [0.25, 0.3) is 0 Å². The molecular weight excluding hydrogens is 1700 g/mol. The van der Waals surface area contributed by atoms with Crippen LogP contribution in [-0.4, -0.2) is 207 Å². The molecule has 0 radical (unpaired) electrons. The number of nitrogens with one attached hydrogen (secondary N) is 6. The number of hydrogen-bond donors (Lipinski definition) is 24. The van der Waals surface area contributed by atoms with Crippen LogP contribution in [0, 0.1) is 21.6 Å². The summed E-state index contributed by atoms with van der Waals surface area (Å²) in [6.45, 7) is 0. The summed E-state index contributed by atoms with van der Waals surface area (Å²) < 4.78 is 4.96. The van der Waals surface area contributed by atoms with Gasteiger partial charge in [0.15, 0.2) is 47.7 Å². The molecule has 9 aromatic heterocycles. The Hall–Kier alpha value is -14.5. The maximum absolute atomic E-state index is 7.74. The second-order valence-electron chi connectivity index (χ2n) is 21.8. The van der Waals surface area contributed by atoms with E-state index in [4.69, 9.17) is 129 Å². The molecular formula is C66H105N45OS8. The zero-order valence-electron chi connectivity index (χ0n) is 67.5. The lowest BCUT2D eigenvalue weighted by Crippen LogP contribution is -2.45. The first-order valence-electron chi connectivity index (χ1n) is 33.4. The molecule has 0 bridgehead atoms. The highest BCUT2D eigenvalue weighted by Crippen LogP contribution is 2.25. The second-order valence-corrected chi connectivity index (χ2v) is 29.2. The summed E-state index contributed by atoms with van der Waals surface area (Å²) in [5.74, 6) is 2.67. The lowest BCUT2D eigenvalue weighted by atomic mass is 10.5. The molecule has 648 valence electrons. The first kappa shape index (κ1) is 104. The Morgan fingerprint density at radius 3 is 1.17 bits per heavy atom. The van der Waals surface area contributed by atoms with E-state index >= 15 is 0 Å². The van der Waals surface area contributed by atoms with Crippen LogP contribution in [0.2, 0.25) is 0 Å². The Kier molecular flexibility index (Phi) is 49.7. The summed E-state index contributed by atoms with van der Waals surface area (Å²) in [5.41, 5.74) is 96.0. The number of guanidine groups is 18. The third kappa shape index (κ3) is 44.4. The van der Waals surface area contributed by atoms with Crippen molar-refractivity contribution in [2.75, 3.05) is 109 Å². The fourth-order valence-corrected chi connectivity index (χ4v) is 12.0. The molecule has 42 N–H and O–H groups in total. The lowest BCUT2D eigenvalue weighted by Gasteiger charge is -2.25. The molecule has 0 unspecified atom stereocenters. The summed E-state index contributed by atoms with van der Waals surface area (Å²) in [5, 5.41) is 57.9. The molecule has 0 atom stereocenters. The van der Waals surface area contributed by atoms with E-state index in [1.54, 1.807) is 136 Å². The highest BCUT2D eigenvalue weighted by molar-refractivity contribution is 7.16. The van der Waals surface area contributed by atoms with Gasteiger partial charge in [0.2, 0.25) is 65.5 Å². The van der Waals surface area contributed by atoms with E-state index < -0.39 is 0 Å². The molecule has 9 heterocycles. The van der Waals surface area contributed by atoms with Gasteiger partial charge in [0.05, 0.1) is 31.3 Å². The summed E-state index contributed by atoms with van der Waals surface area (Å²) in [6.07, 6.45) is 1.51. The van der Waals surface area contributed by atoms with E-state index in [1.807, 2.05) is 159 Å². The third-order valence-electron chi connectivity index (χ3n) is 12.7. The molecule has 9 aromatic rings. The zero-order chi connectivity index (χ0) is 90.4. The smallest absolute Gasteiger partial charge is 0.228 e. The number of hydrogen-bond acceptors (Lipinski definition) is 21. The van der Waals surface area contributed by atoms with Crippen LogP contribution in [-0.2, 0) is 0 Å². The van der Waals surface area contributed by atoms with Gasteiger partial charge in [0, 0.05) is 90.6 Å². The zero-order valence-corrected chi connectivity index (χ0v) is 74.1. The van der Waals surface area contributed by atoms with Gasteiger partial charge < -0.3 is 137 Å². The van der Waals surface area contributed by atoms with Crippen molar-refractivity contribution < 1.29 is 4.42 Å². The molecule has 0 amide bonds. The minimum Gasteiger partial charge on any atom is -0.447 e. The van der Waals surface area contributed by atoms with Crippen molar-refractivity contribution in [2.45, 2.75) is 0 Å². The maximum Gasteiger partial charge on any atom is 0.228 e. The van der Waals surface area contributed by atoms with Crippen molar-refractivity contribution in [1.29, 1.82) is 21.6 Å². The SMILES string of the molecule is CN(C(=N)N)C(=N)N(C)c1cccs1.CN(C(=N)N)C(N)=Nc1cccs1.CN(C(=N)N=C(N)N)c1cccs1.CN(C)C(N)=NC(N)=Nc1ccco1.CN=C(N)N=C(N)N(C)c1cccs1.CN=C(N)NC(N)=Nc1cccs1.CN=C(N=C(N)N)N(C)c1cccs1.CN=C(N=C(N)N)Nc1cccs1.NC(N)=NC(N)=Nc1cccs1. The van der Waals surface area contributed by atoms with Gasteiger partial charge in [-0.2, -0.15) is 34.9 Å². The molecule has 120 heavy (non-hydrogen) atoms. The largest absolute Gasteiger partial charge is 0.447 e. The van der Waals surface area contributed by atoms with Crippen LogP contribution >= 0.6 is 90.7 Å². The number of aliphatic imine (C=N–C) groups is 14. The van der Waals surface area contributed by atoms with Crippen molar-refractivity contribution in [1.82, 2.24) is 20.0 Å². The van der Waals surface area contributed by atoms with Gasteiger partial charge in [-0.05, 0) is 146 Å². The quantitative estimate of drug-likeness (QED) is 0.0726. The Bertz CT molecular complexity index is 4830. The number of anilines is 5. The first-order chi connectivity index (χ1) is 56.8. The van der Waals surface area contributed by atoms with Crippen LogP contribution in [0.5, 0.6) is 0 Å². The molecule has 0 aromatic carbocycles. The molecule has 0 saturated heterocycles. The van der Waals surface area contributed by atoms with Crippen LogP contribution < -0.4 is 133 Å². The standard InChI is InChI=1S/C8H13N5O.3C8H13N5S.4C7H11N5S.C6H9N5S/c1-13(2)8(10)12-7(9)11-6-4-3-5-14-6;1-11-7(9)12-8(10)13(2)6-4-3-5-14-6;1-12(6-4-3-5-14-6)8(11)13(2)7(9)10;1-11-8(12-7(9)10)13(2)6-4-3-5-14-6;1-10-6(8)12-7(9)11-5-3-2-4-13-5;1-12(5-3-2-4-13-5)7(10)11-6(8)9;1-12(6(8)9)7(10)11-5-3-2-4-13-5;1-10-7(12-6(8)9)11-5-3-2-4-13-5;7-5(8)11-6(9)10-4-2-1-3-12-4/h2*3-5H,1-2H3,(H4,9,10,11,12);3-5,11H,1-2H3,(H3,9,10);3-5H,1-2H3,(H4,9,10,11,12);2-4H,1H3,(H5,8,9,10,11,12);2-4H,1H3,(H5,8,9,10,11);2-4H,1H3,(H3,8,9)(H2,10,11);2-4H,1H3,(H5,8,9,10,11,12);1-3H,(H6,7,8,9,10,11). The van der Waals surface area contributed by atoms with E-state index in [0.717, 1.165) is 40.0 Å². The van der Waals surface area contributed by atoms with Gasteiger partial charge >= 0.3 is 0 Å². The molecule has 0 aliphatic carbocycles. The predicted molar refractivity (Wildman–Crippen MR) is 516 cm³/mol. The minimum atomic E-state index is -0.140. The highest BCUT2D eigenvalue weighted by Gasteiger charge is 2.15. The van der Waals surface area contributed by atoms with Crippen molar-refractivity contribution in [3.8, 4) is 0 Å². The van der Waals surface area contributed by atoms with Crippen LogP contribution in [0.4, 0.5) is 45.9 Å². The third-order valence-corrected chi connectivity index (χ3v) is 19.5. The first-order valence-corrected chi connectivity index (χ1v) is 40.4. The summed E-state index contributed by atoms with van der Waals surface area (Å²) in [4.78, 5) is 64.8. The number of rotatable bonds is 9. The van der Waals surface area contributed by atoms with Crippen LogP contribution in [0.15, 0.2) is 233 Å². The summed E-state index contributed by atoms with van der Waals surface area (Å²) >= 11 is 12.2. The van der Waals surface area contributed by atoms with E-state index in [-0.39, 0.29) is 89.4 Å². The van der Waals surface area contributed by atoms with Gasteiger partial charge in [-0.1, -0.05) is 0 Å². The van der Waals surface area contributed by atoms with Gasteiger partial charge in [0.1, 0.15) is 15.0 Å². The van der Waals surface area contributed by atoms with Crippen LogP contribution in [0.1, 0.15) is 0 Å². The normalized spacial score (nSPS) is 11.4. The van der Waals surface area contributed by atoms with Crippen molar-refractivity contribution in [2.24, 2.45) is 173 Å². The van der Waals surface area contributed by atoms with Crippen molar-refractivity contribution >= 4 is 244 Å². The van der Waals surface area contributed by atoms with Crippen LogP contribution in [0.3, 0.4) is 0 Å². The Labute approximate surface area is 726 Å². The molecule has 46 nitrogen and oxygen atoms in total. The Morgan fingerprint density at radius 2 is 0.775 bits per heavy atom. The topological polar surface area (TPSA) is 797 Å². The van der Waals surface area contributed by atoms with E-state index in [1.165, 1.54) is 72.7 Å². The van der Waals surface area contributed by atoms with Gasteiger partial charge in [-0.15, -0.1) is 90.7 Å². The van der Waals surface area contributed by atoms with Gasteiger partial charge in [-0.3, -0.25) is 56.7 Å². The average Bonchev–Trinajstić information content (AvgIpc) is 1.75. The average molecular weight is 1800 g/mol. The fraction of sp³-hybridized carbons (Fsp3) is 0.182. The molecule has 9 rings (SSSR count). The fourth-order valence-electron chi connectivity index (χ4n) is 6.75. The molecule has 0 aliphatic rings. The number of nitrogens with two attached hydrogens (primary N) is 18. The second kappa shape index (κ2) is 57.6. The summed E-state index contributed by atoms with van der Waals surface area (Å²) in [7, 11) is 20.3. The molecule has 0 spiro atoms. The van der Waals surface area contributed by atoms with Crippen molar-refractivity contribution in [3.05, 3.63) is 158 Å². The summed E-state index contributed by atoms with van der Waals surface area (Å²) in [6, 6.07) is 33.8. The number of furan rings is 1. The van der Waals surface area contributed by atoms with Gasteiger partial charge in [-0.25, -0.2) is 15.0 Å². The monoisotopic (exact) mass is 1800 g/mol. The van der Waals surface area contributed by atoms with E-state index in [2.05, 4.69) is 80.5 Å². The lowest BCUT2D eigenvalue weighted by molar-refractivity contribution is 0.577. The van der Waals surface area contributed by atoms with Gasteiger partial charge in [0.25, 0.3) is 0 Å². The maximum atomic E-state index is 7.74.